The summed E-state index contributed by atoms with van der Waals surface area (Å²) in [6.45, 7) is 0. The first-order valence-corrected chi connectivity index (χ1v) is 7.43. The fraction of sp³-hybridized carbons (Fsp3) is 0. The predicted octanol–water partition coefficient (Wildman–Crippen LogP) is 3.72. The zero-order chi connectivity index (χ0) is 15.8. The molecule has 0 saturated carbocycles. The zero-order valence-corrected chi connectivity index (χ0v) is 12.8. The highest BCUT2D eigenvalue weighted by Crippen LogP contribution is 2.30. The van der Waals surface area contributed by atoms with Crippen molar-refractivity contribution in [3.05, 3.63) is 66.1 Å². The van der Waals surface area contributed by atoms with Crippen LogP contribution in [-0.4, -0.2) is 19.5 Å². The van der Waals surface area contributed by atoms with Gasteiger partial charge in [-0.15, -0.1) is 0 Å². The molecule has 0 spiro atoms. The van der Waals surface area contributed by atoms with Crippen molar-refractivity contribution in [2.75, 3.05) is 5.73 Å². The number of nitrogen functional groups attached to an aromatic ring is 1. The number of nitrogens with zero attached hydrogens (tertiary/aromatic N) is 4. The number of hydrogen-bond acceptors (Lipinski definition) is 4. The van der Waals surface area contributed by atoms with Crippen LogP contribution in [0.15, 0.2) is 60.9 Å². The summed E-state index contributed by atoms with van der Waals surface area (Å²) >= 11 is 6.36. The Kier molecular flexibility index (Phi) is 3.20. The van der Waals surface area contributed by atoms with Gasteiger partial charge in [0.05, 0.1) is 0 Å². The lowest BCUT2D eigenvalue weighted by Crippen LogP contribution is -1.99. The topological polar surface area (TPSA) is 69.6 Å². The van der Waals surface area contributed by atoms with Crippen LogP contribution in [0.5, 0.6) is 0 Å². The molecular formula is C17H12ClN5. The molecule has 3 aromatic heterocycles. The summed E-state index contributed by atoms with van der Waals surface area (Å²) in [4.78, 5) is 13.2. The second-order valence-corrected chi connectivity index (χ2v) is 5.39. The Morgan fingerprint density at radius 3 is 2.57 bits per heavy atom. The second kappa shape index (κ2) is 5.37. The molecule has 0 fully saturated rings. The van der Waals surface area contributed by atoms with Gasteiger partial charge in [-0.1, -0.05) is 29.8 Å². The standard InChI is InChI=1S/C17H12ClN5/c18-15-14(12-7-4-9-20-16(12)19)21-13-8-10-23(17(13)22-15)11-5-2-1-3-6-11/h1-10H,(H2,19,20). The first-order chi connectivity index (χ1) is 11.2. The van der Waals surface area contributed by atoms with Crippen LogP contribution in [0.3, 0.4) is 0 Å². The minimum Gasteiger partial charge on any atom is -0.383 e. The molecule has 2 N–H and O–H groups in total. The number of halogens is 1. The Hall–Kier alpha value is -2.92. The predicted molar refractivity (Wildman–Crippen MR) is 91.5 cm³/mol. The average Bonchev–Trinajstić information content (AvgIpc) is 2.98. The molecule has 6 heteroatoms. The van der Waals surface area contributed by atoms with Crippen LogP contribution in [0.4, 0.5) is 5.82 Å². The molecule has 23 heavy (non-hydrogen) atoms. The summed E-state index contributed by atoms with van der Waals surface area (Å²) in [5.74, 6) is 0.380. The van der Waals surface area contributed by atoms with Gasteiger partial charge in [-0.05, 0) is 30.3 Å². The Morgan fingerprint density at radius 1 is 0.957 bits per heavy atom. The molecule has 0 aliphatic heterocycles. The molecular weight excluding hydrogens is 310 g/mol. The number of benzene rings is 1. The summed E-state index contributed by atoms with van der Waals surface area (Å²) in [6, 6.07) is 15.5. The van der Waals surface area contributed by atoms with Gasteiger partial charge in [0, 0.05) is 23.6 Å². The Morgan fingerprint density at radius 2 is 1.78 bits per heavy atom. The summed E-state index contributed by atoms with van der Waals surface area (Å²) in [6.07, 6.45) is 3.55. The summed E-state index contributed by atoms with van der Waals surface area (Å²) in [5, 5.41) is 0.299. The van der Waals surface area contributed by atoms with Crippen molar-refractivity contribution in [1.82, 2.24) is 19.5 Å². The molecule has 0 bridgehead atoms. The summed E-state index contributed by atoms with van der Waals surface area (Å²) in [7, 11) is 0. The lowest BCUT2D eigenvalue weighted by molar-refractivity contribution is 1.09. The van der Waals surface area contributed by atoms with Crippen molar-refractivity contribution in [3.8, 4) is 16.9 Å². The van der Waals surface area contributed by atoms with Crippen molar-refractivity contribution < 1.29 is 0 Å². The van der Waals surface area contributed by atoms with Crippen LogP contribution in [0.2, 0.25) is 5.15 Å². The van der Waals surface area contributed by atoms with Crippen LogP contribution in [0.25, 0.3) is 28.1 Å². The van der Waals surface area contributed by atoms with Gasteiger partial charge in [-0.25, -0.2) is 15.0 Å². The van der Waals surface area contributed by atoms with Crippen molar-refractivity contribution in [2.45, 2.75) is 0 Å². The molecule has 0 saturated heterocycles. The first kappa shape index (κ1) is 13.7. The van der Waals surface area contributed by atoms with Crippen LogP contribution in [0, 0.1) is 0 Å². The maximum Gasteiger partial charge on any atom is 0.165 e. The monoisotopic (exact) mass is 321 g/mol. The third kappa shape index (κ3) is 2.31. The van der Waals surface area contributed by atoms with Gasteiger partial charge in [0.15, 0.2) is 10.8 Å². The second-order valence-electron chi connectivity index (χ2n) is 5.03. The Bertz CT molecular complexity index is 994. The highest BCUT2D eigenvalue weighted by molar-refractivity contribution is 6.32. The minimum absolute atomic E-state index is 0.299. The number of nitrogens with two attached hydrogens (primary N) is 1. The smallest absolute Gasteiger partial charge is 0.165 e. The minimum atomic E-state index is 0.299. The van der Waals surface area contributed by atoms with Crippen LogP contribution in [0.1, 0.15) is 0 Å². The Balaban J connectivity index is 1.92. The van der Waals surface area contributed by atoms with Gasteiger partial charge in [-0.2, -0.15) is 0 Å². The molecule has 4 aromatic rings. The molecule has 4 rings (SSSR count). The average molecular weight is 322 g/mol. The number of fused-ring (bicyclic) bond motifs is 1. The van der Waals surface area contributed by atoms with E-state index in [1.165, 1.54) is 0 Å². The maximum absolute atomic E-state index is 6.36. The van der Waals surface area contributed by atoms with E-state index >= 15 is 0 Å². The highest BCUT2D eigenvalue weighted by Gasteiger charge is 2.15. The molecule has 3 heterocycles. The number of hydrogen-bond donors (Lipinski definition) is 1. The number of anilines is 1. The van der Waals surface area contributed by atoms with Crippen LogP contribution in [-0.2, 0) is 0 Å². The van der Waals surface area contributed by atoms with Gasteiger partial charge in [0.1, 0.15) is 17.0 Å². The van der Waals surface area contributed by atoms with E-state index in [1.807, 2.05) is 53.2 Å². The van der Waals surface area contributed by atoms with E-state index < -0.39 is 0 Å². The number of aromatic nitrogens is 4. The van der Waals surface area contributed by atoms with Crippen LogP contribution >= 0.6 is 11.6 Å². The van der Waals surface area contributed by atoms with E-state index in [-0.39, 0.29) is 0 Å². The van der Waals surface area contributed by atoms with Gasteiger partial charge in [0.2, 0.25) is 0 Å². The van der Waals surface area contributed by atoms with E-state index in [2.05, 4.69) is 15.0 Å². The fourth-order valence-electron chi connectivity index (χ4n) is 2.51. The molecule has 5 nitrogen and oxygen atoms in total. The largest absolute Gasteiger partial charge is 0.383 e. The molecule has 0 unspecified atom stereocenters. The van der Waals surface area contributed by atoms with E-state index in [1.54, 1.807) is 12.3 Å². The third-order valence-corrected chi connectivity index (χ3v) is 3.86. The number of para-hydroxylation sites is 1. The van der Waals surface area contributed by atoms with Gasteiger partial charge in [-0.3, -0.25) is 4.57 Å². The van der Waals surface area contributed by atoms with Gasteiger partial charge in [0.25, 0.3) is 0 Å². The van der Waals surface area contributed by atoms with Crippen molar-refractivity contribution in [3.63, 3.8) is 0 Å². The first-order valence-electron chi connectivity index (χ1n) is 7.05. The SMILES string of the molecule is Nc1ncccc1-c1nc2ccn(-c3ccccc3)c2nc1Cl. The molecule has 0 radical (unpaired) electrons. The molecule has 0 amide bonds. The van der Waals surface area contributed by atoms with Gasteiger partial charge >= 0.3 is 0 Å². The highest BCUT2D eigenvalue weighted by atomic mass is 35.5. The lowest BCUT2D eigenvalue weighted by Gasteiger charge is -2.08. The molecule has 0 aliphatic rings. The number of rotatable bonds is 2. The summed E-state index contributed by atoms with van der Waals surface area (Å²) < 4.78 is 1.95. The lowest BCUT2D eigenvalue weighted by atomic mass is 10.2. The van der Waals surface area contributed by atoms with Crippen molar-refractivity contribution >= 4 is 28.6 Å². The maximum atomic E-state index is 6.36. The van der Waals surface area contributed by atoms with E-state index in [0.717, 1.165) is 11.2 Å². The van der Waals surface area contributed by atoms with E-state index in [9.17, 15) is 0 Å². The fourth-order valence-corrected chi connectivity index (χ4v) is 2.73. The third-order valence-electron chi connectivity index (χ3n) is 3.60. The quantitative estimate of drug-likeness (QED) is 0.611. The molecule has 0 aliphatic carbocycles. The van der Waals surface area contributed by atoms with Gasteiger partial charge < -0.3 is 5.73 Å². The normalized spacial score (nSPS) is 11.0. The number of pyridine rings is 1. The van der Waals surface area contributed by atoms with Crippen molar-refractivity contribution in [1.29, 1.82) is 0 Å². The van der Waals surface area contributed by atoms with Crippen LogP contribution < -0.4 is 5.73 Å². The summed E-state index contributed by atoms with van der Waals surface area (Å²) in [5.41, 5.74) is 9.59. The van der Waals surface area contributed by atoms with E-state index in [0.29, 0.717) is 27.9 Å². The van der Waals surface area contributed by atoms with E-state index in [4.69, 9.17) is 17.3 Å². The molecule has 0 atom stereocenters. The Labute approximate surface area is 137 Å². The molecule has 1 aromatic carbocycles. The van der Waals surface area contributed by atoms with Crippen molar-refractivity contribution in [2.24, 2.45) is 0 Å². The zero-order valence-electron chi connectivity index (χ0n) is 12.0. The molecule has 112 valence electrons.